The van der Waals surface area contributed by atoms with Gasteiger partial charge in [-0.25, -0.2) is 0 Å². The fourth-order valence-corrected chi connectivity index (χ4v) is 1.29. The molecule has 1 aromatic rings. The maximum absolute atomic E-state index is 9.42. The Bertz CT molecular complexity index is 294. The summed E-state index contributed by atoms with van der Waals surface area (Å²) in [4.78, 5) is 0. The van der Waals surface area contributed by atoms with Crippen LogP contribution in [0.25, 0.3) is 0 Å². The van der Waals surface area contributed by atoms with Gasteiger partial charge in [0.25, 0.3) is 0 Å². The van der Waals surface area contributed by atoms with E-state index < -0.39 is 0 Å². The summed E-state index contributed by atoms with van der Waals surface area (Å²) < 4.78 is 10.1. The molecule has 1 rings (SSSR count). The highest BCUT2D eigenvalue weighted by Gasteiger charge is 2.08. The van der Waals surface area contributed by atoms with Gasteiger partial charge < -0.3 is 14.6 Å². The van der Waals surface area contributed by atoms with E-state index in [1.165, 1.54) is 0 Å². The molecule has 0 aromatic heterocycles. The van der Waals surface area contributed by atoms with Crippen molar-refractivity contribution in [2.24, 2.45) is 0 Å². The van der Waals surface area contributed by atoms with Crippen LogP contribution in [0.2, 0.25) is 0 Å². The highest BCUT2D eigenvalue weighted by molar-refractivity contribution is 5.48. The third-order valence-corrected chi connectivity index (χ3v) is 2.00. The molecule has 0 bridgehead atoms. The third kappa shape index (κ3) is 1.92. The topological polar surface area (TPSA) is 38.7 Å². The fourth-order valence-electron chi connectivity index (χ4n) is 1.29. The molecular formula is C10H14O3. The van der Waals surface area contributed by atoms with Crippen molar-refractivity contribution in [3.8, 4) is 11.5 Å². The van der Waals surface area contributed by atoms with Gasteiger partial charge in [0, 0.05) is 12.7 Å². The largest absolute Gasteiger partial charge is 0.504 e. The standard InChI is InChI=1S/C10H14O3/c1-7-8(6-12-2)4-5-9(11)10(7)13-3/h4-5,11H,6H2,1-3H3. The van der Waals surface area contributed by atoms with E-state index in [2.05, 4.69) is 0 Å². The quantitative estimate of drug-likeness (QED) is 0.775. The van der Waals surface area contributed by atoms with Crippen LogP contribution in [0.3, 0.4) is 0 Å². The molecule has 0 saturated heterocycles. The number of benzene rings is 1. The van der Waals surface area contributed by atoms with Crippen molar-refractivity contribution in [3.05, 3.63) is 23.3 Å². The van der Waals surface area contributed by atoms with Gasteiger partial charge in [-0.3, -0.25) is 0 Å². The van der Waals surface area contributed by atoms with Crippen molar-refractivity contribution in [3.63, 3.8) is 0 Å². The van der Waals surface area contributed by atoms with Crippen LogP contribution in [0.4, 0.5) is 0 Å². The summed E-state index contributed by atoms with van der Waals surface area (Å²) in [5, 5.41) is 9.42. The highest BCUT2D eigenvalue weighted by atomic mass is 16.5. The van der Waals surface area contributed by atoms with Crippen LogP contribution in [0.5, 0.6) is 11.5 Å². The van der Waals surface area contributed by atoms with E-state index in [-0.39, 0.29) is 5.75 Å². The summed E-state index contributed by atoms with van der Waals surface area (Å²) in [6, 6.07) is 3.44. The molecule has 3 nitrogen and oxygen atoms in total. The van der Waals surface area contributed by atoms with E-state index >= 15 is 0 Å². The van der Waals surface area contributed by atoms with E-state index in [9.17, 15) is 5.11 Å². The Hall–Kier alpha value is -1.22. The highest BCUT2D eigenvalue weighted by Crippen LogP contribution is 2.31. The smallest absolute Gasteiger partial charge is 0.163 e. The zero-order valence-electron chi connectivity index (χ0n) is 8.13. The molecule has 0 unspecified atom stereocenters. The lowest BCUT2D eigenvalue weighted by molar-refractivity contribution is 0.184. The summed E-state index contributed by atoms with van der Waals surface area (Å²) in [5.74, 6) is 0.689. The molecule has 1 N–H and O–H groups in total. The maximum atomic E-state index is 9.42. The first-order valence-corrected chi connectivity index (χ1v) is 4.05. The minimum absolute atomic E-state index is 0.167. The lowest BCUT2D eigenvalue weighted by atomic mass is 10.1. The van der Waals surface area contributed by atoms with Crippen molar-refractivity contribution in [2.75, 3.05) is 14.2 Å². The molecule has 0 atom stereocenters. The Balaban J connectivity index is 3.11. The van der Waals surface area contributed by atoms with Crippen LogP contribution in [0, 0.1) is 6.92 Å². The lowest BCUT2D eigenvalue weighted by Gasteiger charge is -2.10. The first-order valence-electron chi connectivity index (χ1n) is 4.05. The average molecular weight is 182 g/mol. The average Bonchev–Trinajstić information content (AvgIpc) is 2.11. The third-order valence-electron chi connectivity index (χ3n) is 2.00. The predicted octanol–water partition coefficient (Wildman–Crippen LogP) is 1.86. The van der Waals surface area contributed by atoms with Crippen molar-refractivity contribution in [1.29, 1.82) is 0 Å². The summed E-state index contributed by atoms with van der Waals surface area (Å²) in [6.45, 7) is 2.43. The molecule has 3 heteroatoms. The van der Waals surface area contributed by atoms with Gasteiger partial charge in [-0.05, 0) is 18.6 Å². The molecule has 0 heterocycles. The normalized spacial score (nSPS) is 10.1. The van der Waals surface area contributed by atoms with Crippen molar-refractivity contribution in [2.45, 2.75) is 13.5 Å². The van der Waals surface area contributed by atoms with Crippen LogP contribution in [-0.4, -0.2) is 19.3 Å². The van der Waals surface area contributed by atoms with Gasteiger partial charge in [0.05, 0.1) is 13.7 Å². The second kappa shape index (κ2) is 4.14. The van der Waals surface area contributed by atoms with Gasteiger partial charge in [-0.15, -0.1) is 0 Å². The van der Waals surface area contributed by atoms with Crippen LogP contribution in [0.15, 0.2) is 12.1 Å². The van der Waals surface area contributed by atoms with Gasteiger partial charge in [0.1, 0.15) is 0 Å². The summed E-state index contributed by atoms with van der Waals surface area (Å²) in [7, 11) is 3.18. The minimum atomic E-state index is 0.167. The van der Waals surface area contributed by atoms with Gasteiger partial charge in [-0.1, -0.05) is 6.07 Å². The molecule has 0 aliphatic heterocycles. The molecule has 0 radical (unpaired) electrons. The molecule has 1 aromatic carbocycles. The molecule has 13 heavy (non-hydrogen) atoms. The number of ether oxygens (including phenoxy) is 2. The summed E-state index contributed by atoms with van der Waals surface area (Å²) in [5.41, 5.74) is 1.95. The Kier molecular flexibility index (Phi) is 3.14. The second-order valence-electron chi connectivity index (χ2n) is 2.84. The minimum Gasteiger partial charge on any atom is -0.504 e. The number of hydrogen-bond acceptors (Lipinski definition) is 3. The molecule has 0 fully saturated rings. The molecule has 0 aliphatic carbocycles. The van der Waals surface area contributed by atoms with E-state index in [0.29, 0.717) is 12.4 Å². The number of phenolic OH excluding ortho intramolecular Hbond substituents is 1. The second-order valence-corrected chi connectivity index (χ2v) is 2.84. The predicted molar refractivity (Wildman–Crippen MR) is 50.1 cm³/mol. The first-order chi connectivity index (χ1) is 6.20. The van der Waals surface area contributed by atoms with Crippen LogP contribution < -0.4 is 4.74 Å². The van der Waals surface area contributed by atoms with Gasteiger partial charge in [-0.2, -0.15) is 0 Å². The summed E-state index contributed by atoms with van der Waals surface area (Å²) >= 11 is 0. The number of phenols is 1. The van der Waals surface area contributed by atoms with E-state index in [4.69, 9.17) is 9.47 Å². The number of rotatable bonds is 3. The summed E-state index contributed by atoms with van der Waals surface area (Å²) in [6.07, 6.45) is 0. The molecule has 0 spiro atoms. The Morgan fingerprint density at radius 2 is 2.00 bits per heavy atom. The first kappa shape index (κ1) is 9.86. The van der Waals surface area contributed by atoms with Gasteiger partial charge >= 0.3 is 0 Å². The van der Waals surface area contributed by atoms with Crippen LogP contribution in [-0.2, 0) is 11.3 Å². The van der Waals surface area contributed by atoms with E-state index in [0.717, 1.165) is 11.1 Å². The van der Waals surface area contributed by atoms with E-state index in [1.54, 1.807) is 20.3 Å². The molecular weight excluding hydrogens is 168 g/mol. The number of aromatic hydroxyl groups is 1. The number of hydrogen-bond donors (Lipinski definition) is 1. The zero-order chi connectivity index (χ0) is 9.84. The lowest BCUT2D eigenvalue weighted by Crippen LogP contribution is -1.95. The van der Waals surface area contributed by atoms with Crippen molar-refractivity contribution in [1.82, 2.24) is 0 Å². The molecule has 0 amide bonds. The number of methoxy groups -OCH3 is 2. The van der Waals surface area contributed by atoms with Crippen LogP contribution in [0.1, 0.15) is 11.1 Å². The monoisotopic (exact) mass is 182 g/mol. The Morgan fingerprint density at radius 3 is 2.54 bits per heavy atom. The van der Waals surface area contributed by atoms with Crippen molar-refractivity contribution < 1.29 is 14.6 Å². The molecule has 0 aliphatic rings. The van der Waals surface area contributed by atoms with Crippen molar-refractivity contribution >= 4 is 0 Å². The molecule has 72 valence electrons. The van der Waals surface area contributed by atoms with Gasteiger partial charge in [0.15, 0.2) is 11.5 Å². The molecule has 0 saturated carbocycles. The zero-order valence-corrected chi connectivity index (χ0v) is 8.13. The maximum Gasteiger partial charge on any atom is 0.163 e. The fraction of sp³-hybridized carbons (Fsp3) is 0.400. The Labute approximate surface area is 77.9 Å². The van der Waals surface area contributed by atoms with Gasteiger partial charge in [0.2, 0.25) is 0 Å². The van der Waals surface area contributed by atoms with Crippen LogP contribution >= 0.6 is 0 Å². The Morgan fingerprint density at radius 1 is 1.31 bits per heavy atom. The van der Waals surface area contributed by atoms with E-state index in [1.807, 2.05) is 13.0 Å². The SMILES string of the molecule is COCc1ccc(O)c(OC)c1C.